The molecule has 24 heavy (non-hydrogen) atoms. The standard InChI is InChI=1S/C18H27N3O3/c22-15-5-3-4-14(10-15)16(23)11-19-17(24)20-12-18(6-7-18)13-21-8-1-2-9-21/h3-5,10,16,22-23H,1-2,6-9,11-13H2,(H2,19,20,24)/t16-/m0/s1. The van der Waals surface area contributed by atoms with Crippen LogP contribution in [0, 0.1) is 5.41 Å². The van der Waals surface area contributed by atoms with E-state index >= 15 is 0 Å². The van der Waals surface area contributed by atoms with E-state index in [0.29, 0.717) is 12.1 Å². The SMILES string of the molecule is O=C(NC[C@H](O)c1cccc(O)c1)NCC1(CN2CCCC2)CC1. The first-order valence-corrected chi connectivity index (χ1v) is 8.77. The van der Waals surface area contributed by atoms with Crippen LogP contribution in [-0.2, 0) is 0 Å². The minimum absolute atomic E-state index is 0.105. The Labute approximate surface area is 142 Å². The molecule has 6 heteroatoms. The van der Waals surface area contributed by atoms with Crippen LogP contribution in [0.1, 0.15) is 37.4 Å². The summed E-state index contributed by atoms with van der Waals surface area (Å²) in [5.74, 6) is 0.105. The lowest BCUT2D eigenvalue weighted by molar-refractivity contribution is 0.172. The fourth-order valence-corrected chi connectivity index (χ4v) is 3.35. The number of benzene rings is 1. The van der Waals surface area contributed by atoms with E-state index in [9.17, 15) is 15.0 Å². The number of rotatable bonds is 7. The summed E-state index contributed by atoms with van der Waals surface area (Å²) in [6.45, 7) is 4.26. The molecule has 132 valence electrons. The lowest BCUT2D eigenvalue weighted by Gasteiger charge is -2.23. The number of carbonyl (C=O) groups is 1. The Balaban J connectivity index is 1.38. The Kier molecular flexibility index (Phi) is 5.26. The van der Waals surface area contributed by atoms with E-state index in [1.54, 1.807) is 18.2 Å². The maximum Gasteiger partial charge on any atom is 0.314 e. The summed E-state index contributed by atoms with van der Waals surface area (Å²) in [4.78, 5) is 14.5. The van der Waals surface area contributed by atoms with Crippen LogP contribution in [0.15, 0.2) is 24.3 Å². The van der Waals surface area contributed by atoms with Crippen molar-refractivity contribution in [2.45, 2.75) is 31.8 Å². The molecule has 0 aromatic heterocycles. The van der Waals surface area contributed by atoms with Crippen molar-refractivity contribution in [1.29, 1.82) is 0 Å². The number of carbonyl (C=O) groups excluding carboxylic acids is 1. The van der Waals surface area contributed by atoms with E-state index in [4.69, 9.17) is 0 Å². The molecule has 3 rings (SSSR count). The second kappa shape index (κ2) is 7.40. The van der Waals surface area contributed by atoms with Gasteiger partial charge in [0.1, 0.15) is 5.75 Å². The Hall–Kier alpha value is -1.79. The van der Waals surface area contributed by atoms with Crippen LogP contribution >= 0.6 is 0 Å². The topological polar surface area (TPSA) is 84.8 Å². The summed E-state index contributed by atoms with van der Waals surface area (Å²) >= 11 is 0. The lowest BCUT2D eigenvalue weighted by atomic mass is 10.1. The summed E-state index contributed by atoms with van der Waals surface area (Å²) in [5, 5.41) is 25.1. The molecule has 1 aliphatic carbocycles. The molecule has 1 atom stereocenters. The van der Waals surface area contributed by atoms with Gasteiger partial charge in [0.05, 0.1) is 6.10 Å². The number of phenols is 1. The van der Waals surface area contributed by atoms with Crippen LogP contribution in [0.3, 0.4) is 0 Å². The molecule has 0 spiro atoms. The van der Waals surface area contributed by atoms with Crippen LogP contribution in [0.25, 0.3) is 0 Å². The van der Waals surface area contributed by atoms with Gasteiger partial charge in [0, 0.05) is 25.0 Å². The van der Waals surface area contributed by atoms with Gasteiger partial charge in [-0.2, -0.15) is 0 Å². The summed E-state index contributed by atoms with van der Waals surface area (Å²) in [6, 6.07) is 6.19. The number of urea groups is 1. The third kappa shape index (κ3) is 4.61. The predicted octanol–water partition coefficient (Wildman–Crippen LogP) is 1.60. The van der Waals surface area contributed by atoms with Crippen molar-refractivity contribution in [3.8, 4) is 5.75 Å². The fourth-order valence-electron chi connectivity index (χ4n) is 3.35. The maximum atomic E-state index is 12.0. The van der Waals surface area contributed by atoms with Gasteiger partial charge >= 0.3 is 6.03 Å². The molecule has 1 aromatic carbocycles. The van der Waals surface area contributed by atoms with E-state index in [2.05, 4.69) is 15.5 Å². The minimum atomic E-state index is -0.831. The van der Waals surface area contributed by atoms with Crippen molar-refractivity contribution < 1.29 is 15.0 Å². The van der Waals surface area contributed by atoms with E-state index < -0.39 is 6.10 Å². The van der Waals surface area contributed by atoms with Gasteiger partial charge < -0.3 is 25.7 Å². The second-order valence-corrected chi connectivity index (χ2v) is 7.16. The molecule has 2 aliphatic rings. The highest BCUT2D eigenvalue weighted by Crippen LogP contribution is 2.46. The molecule has 0 unspecified atom stereocenters. The van der Waals surface area contributed by atoms with Gasteiger partial charge in [0.15, 0.2) is 0 Å². The molecule has 0 bridgehead atoms. The molecule has 0 radical (unpaired) electrons. The van der Waals surface area contributed by atoms with Gasteiger partial charge in [-0.05, 0) is 56.5 Å². The summed E-state index contributed by atoms with van der Waals surface area (Å²) in [5.41, 5.74) is 0.842. The largest absolute Gasteiger partial charge is 0.508 e. The Bertz CT molecular complexity index is 568. The second-order valence-electron chi connectivity index (χ2n) is 7.16. The first-order valence-electron chi connectivity index (χ1n) is 8.77. The Morgan fingerprint density at radius 1 is 1.25 bits per heavy atom. The third-order valence-electron chi connectivity index (χ3n) is 5.05. The highest BCUT2D eigenvalue weighted by Gasteiger charge is 2.44. The highest BCUT2D eigenvalue weighted by molar-refractivity contribution is 5.74. The van der Waals surface area contributed by atoms with Crippen LogP contribution in [0.4, 0.5) is 4.79 Å². The van der Waals surface area contributed by atoms with Crippen LogP contribution < -0.4 is 10.6 Å². The quantitative estimate of drug-likeness (QED) is 0.611. The summed E-state index contributed by atoms with van der Waals surface area (Å²) < 4.78 is 0. The number of nitrogens with zero attached hydrogens (tertiary/aromatic N) is 1. The van der Waals surface area contributed by atoms with Crippen LogP contribution in [0.2, 0.25) is 0 Å². The number of aliphatic hydroxyl groups excluding tert-OH is 1. The van der Waals surface area contributed by atoms with Crippen molar-refractivity contribution in [3.63, 3.8) is 0 Å². The minimum Gasteiger partial charge on any atom is -0.508 e. The first-order chi connectivity index (χ1) is 11.6. The maximum absolute atomic E-state index is 12.0. The molecule has 1 aliphatic heterocycles. The highest BCUT2D eigenvalue weighted by atomic mass is 16.3. The number of aliphatic hydroxyl groups is 1. The average Bonchev–Trinajstić information content (AvgIpc) is 3.14. The van der Waals surface area contributed by atoms with Gasteiger partial charge in [0.25, 0.3) is 0 Å². The summed E-state index contributed by atoms with van der Waals surface area (Å²) in [6.07, 6.45) is 4.10. The van der Waals surface area contributed by atoms with Crippen molar-refractivity contribution in [2.75, 3.05) is 32.7 Å². The number of hydrogen-bond acceptors (Lipinski definition) is 4. The van der Waals surface area contributed by atoms with Gasteiger partial charge in [-0.15, -0.1) is 0 Å². The zero-order valence-electron chi connectivity index (χ0n) is 14.0. The normalized spacial score (nSPS) is 20.5. The zero-order chi connectivity index (χ0) is 17.0. The zero-order valence-corrected chi connectivity index (χ0v) is 14.0. The Morgan fingerprint density at radius 3 is 2.67 bits per heavy atom. The predicted molar refractivity (Wildman–Crippen MR) is 91.8 cm³/mol. The van der Waals surface area contributed by atoms with Gasteiger partial charge in [-0.1, -0.05) is 12.1 Å². The third-order valence-corrected chi connectivity index (χ3v) is 5.05. The Morgan fingerprint density at radius 2 is 2.00 bits per heavy atom. The fraction of sp³-hybridized carbons (Fsp3) is 0.611. The molecule has 1 saturated heterocycles. The molecule has 1 saturated carbocycles. The number of nitrogens with one attached hydrogen (secondary N) is 2. The lowest BCUT2D eigenvalue weighted by Crippen LogP contribution is -2.42. The molecule has 4 N–H and O–H groups in total. The van der Waals surface area contributed by atoms with E-state index in [1.165, 1.54) is 44.8 Å². The number of amides is 2. The van der Waals surface area contributed by atoms with Crippen molar-refractivity contribution in [1.82, 2.24) is 15.5 Å². The van der Waals surface area contributed by atoms with E-state index in [0.717, 1.165) is 6.54 Å². The monoisotopic (exact) mass is 333 g/mol. The average molecular weight is 333 g/mol. The van der Waals surface area contributed by atoms with Crippen molar-refractivity contribution in [3.05, 3.63) is 29.8 Å². The molecule has 6 nitrogen and oxygen atoms in total. The molecular weight excluding hydrogens is 306 g/mol. The van der Waals surface area contributed by atoms with Crippen molar-refractivity contribution in [2.24, 2.45) is 5.41 Å². The van der Waals surface area contributed by atoms with Crippen molar-refractivity contribution >= 4 is 6.03 Å². The number of hydrogen-bond donors (Lipinski definition) is 4. The number of phenolic OH excluding ortho intramolecular Hbond substituents is 1. The van der Waals surface area contributed by atoms with E-state index in [-0.39, 0.29) is 23.7 Å². The molecule has 2 amide bonds. The molecule has 1 heterocycles. The number of aromatic hydroxyl groups is 1. The summed E-state index contributed by atoms with van der Waals surface area (Å²) in [7, 11) is 0. The molecule has 1 aromatic rings. The molecule has 2 fully saturated rings. The van der Waals surface area contributed by atoms with Crippen LogP contribution in [-0.4, -0.2) is 53.9 Å². The van der Waals surface area contributed by atoms with Gasteiger partial charge in [0.2, 0.25) is 0 Å². The first kappa shape index (κ1) is 17.0. The van der Waals surface area contributed by atoms with E-state index in [1.807, 2.05) is 0 Å². The van der Waals surface area contributed by atoms with Gasteiger partial charge in [-0.3, -0.25) is 0 Å². The smallest absolute Gasteiger partial charge is 0.314 e. The van der Waals surface area contributed by atoms with Gasteiger partial charge in [-0.25, -0.2) is 4.79 Å². The van der Waals surface area contributed by atoms with Crippen LogP contribution in [0.5, 0.6) is 5.75 Å². The molecular formula is C18H27N3O3. The number of likely N-dealkylation sites (tertiary alicyclic amines) is 1.